The van der Waals surface area contributed by atoms with Crippen LogP contribution in [0.5, 0.6) is 11.5 Å². The number of aromatic hydroxyl groups is 2. The fraction of sp³-hybridized carbons (Fsp3) is 0.143. The molecule has 0 aliphatic heterocycles. The Morgan fingerprint density at radius 2 is 1.56 bits per heavy atom. The third kappa shape index (κ3) is 3.03. The summed E-state index contributed by atoms with van der Waals surface area (Å²) in [6, 6.07) is 12.9. The normalized spacial score (nSPS) is 10.5. The molecule has 0 fully saturated rings. The molecule has 0 atom stereocenters. The number of halogens is 1. The first-order valence-corrected chi connectivity index (χ1v) is 6.41. The standard InChI is InChI=1S/C14H14BrNO2/c15-12-6-2-1-4-10(12)8-16-9-11-5-3-7-13(17)14(11)18/h1-7,16-18H,8-9H2. The van der Waals surface area contributed by atoms with Gasteiger partial charge in [0.1, 0.15) is 0 Å². The van der Waals surface area contributed by atoms with E-state index < -0.39 is 0 Å². The highest BCUT2D eigenvalue weighted by molar-refractivity contribution is 9.10. The molecule has 0 aromatic heterocycles. The monoisotopic (exact) mass is 307 g/mol. The topological polar surface area (TPSA) is 52.5 Å². The van der Waals surface area contributed by atoms with E-state index in [-0.39, 0.29) is 11.5 Å². The van der Waals surface area contributed by atoms with Gasteiger partial charge in [-0.1, -0.05) is 46.3 Å². The van der Waals surface area contributed by atoms with Crippen molar-refractivity contribution in [3.8, 4) is 11.5 Å². The summed E-state index contributed by atoms with van der Waals surface area (Å²) in [5.74, 6) is -0.146. The Morgan fingerprint density at radius 1 is 0.889 bits per heavy atom. The van der Waals surface area contributed by atoms with Gasteiger partial charge in [0.05, 0.1) is 0 Å². The van der Waals surface area contributed by atoms with Crippen LogP contribution in [-0.2, 0) is 13.1 Å². The molecule has 0 radical (unpaired) electrons. The molecule has 94 valence electrons. The lowest BCUT2D eigenvalue weighted by molar-refractivity contribution is 0.397. The largest absolute Gasteiger partial charge is 0.504 e. The first kappa shape index (κ1) is 12.9. The van der Waals surface area contributed by atoms with E-state index in [4.69, 9.17) is 0 Å². The van der Waals surface area contributed by atoms with Gasteiger partial charge in [0, 0.05) is 23.1 Å². The van der Waals surface area contributed by atoms with Gasteiger partial charge in [0.2, 0.25) is 0 Å². The van der Waals surface area contributed by atoms with Crippen LogP contribution in [-0.4, -0.2) is 10.2 Å². The molecule has 0 unspecified atom stereocenters. The minimum atomic E-state index is -0.0878. The molecule has 2 rings (SSSR count). The maximum Gasteiger partial charge on any atom is 0.161 e. The summed E-state index contributed by atoms with van der Waals surface area (Å²) in [7, 11) is 0. The number of benzene rings is 2. The molecule has 4 heteroatoms. The summed E-state index contributed by atoms with van der Waals surface area (Å²) in [5.41, 5.74) is 1.83. The number of rotatable bonds is 4. The SMILES string of the molecule is Oc1cccc(CNCc2ccccc2Br)c1O. The highest BCUT2D eigenvalue weighted by atomic mass is 79.9. The number of hydrogen-bond acceptors (Lipinski definition) is 3. The van der Waals surface area contributed by atoms with Crippen LogP contribution in [0, 0.1) is 0 Å². The van der Waals surface area contributed by atoms with Crippen molar-refractivity contribution in [2.24, 2.45) is 0 Å². The zero-order chi connectivity index (χ0) is 13.0. The highest BCUT2D eigenvalue weighted by Gasteiger charge is 2.05. The van der Waals surface area contributed by atoms with Crippen LogP contribution >= 0.6 is 15.9 Å². The minimum absolute atomic E-state index is 0.0582. The molecule has 0 amide bonds. The average Bonchev–Trinajstić information content (AvgIpc) is 2.37. The van der Waals surface area contributed by atoms with Crippen molar-refractivity contribution in [1.29, 1.82) is 0 Å². The first-order valence-electron chi connectivity index (χ1n) is 5.62. The molecule has 18 heavy (non-hydrogen) atoms. The van der Waals surface area contributed by atoms with Gasteiger partial charge < -0.3 is 15.5 Å². The molecule has 0 saturated heterocycles. The molecule has 3 N–H and O–H groups in total. The fourth-order valence-corrected chi connectivity index (χ4v) is 2.12. The van der Waals surface area contributed by atoms with Crippen LogP contribution < -0.4 is 5.32 Å². The lowest BCUT2D eigenvalue weighted by Crippen LogP contribution is -2.13. The Bertz CT molecular complexity index is 543. The predicted molar refractivity (Wildman–Crippen MR) is 74.5 cm³/mol. The van der Waals surface area contributed by atoms with Gasteiger partial charge in [-0.15, -0.1) is 0 Å². The van der Waals surface area contributed by atoms with Crippen LogP contribution in [0.3, 0.4) is 0 Å². The van der Waals surface area contributed by atoms with E-state index in [1.165, 1.54) is 6.07 Å². The van der Waals surface area contributed by atoms with Gasteiger partial charge in [-0.3, -0.25) is 0 Å². The van der Waals surface area contributed by atoms with E-state index in [0.29, 0.717) is 18.7 Å². The van der Waals surface area contributed by atoms with Crippen molar-refractivity contribution < 1.29 is 10.2 Å². The molecule has 0 spiro atoms. The molecule has 0 aliphatic rings. The number of para-hydroxylation sites is 1. The quantitative estimate of drug-likeness (QED) is 0.761. The number of phenols is 2. The van der Waals surface area contributed by atoms with E-state index in [1.807, 2.05) is 24.3 Å². The van der Waals surface area contributed by atoms with Crippen LogP contribution in [0.4, 0.5) is 0 Å². The zero-order valence-electron chi connectivity index (χ0n) is 9.73. The van der Waals surface area contributed by atoms with Crippen LogP contribution in [0.2, 0.25) is 0 Å². The zero-order valence-corrected chi connectivity index (χ0v) is 11.3. The Balaban J connectivity index is 1.97. The van der Waals surface area contributed by atoms with E-state index in [0.717, 1.165) is 10.0 Å². The average molecular weight is 308 g/mol. The Hall–Kier alpha value is -1.52. The fourth-order valence-electron chi connectivity index (χ4n) is 1.69. The second kappa shape index (κ2) is 5.89. The Labute approximate surface area is 114 Å². The summed E-state index contributed by atoms with van der Waals surface area (Å²) in [6.45, 7) is 1.19. The van der Waals surface area contributed by atoms with Crippen molar-refractivity contribution in [3.05, 3.63) is 58.1 Å². The molecular formula is C14H14BrNO2. The van der Waals surface area contributed by atoms with Crippen LogP contribution in [0.25, 0.3) is 0 Å². The molecule has 0 heterocycles. The van der Waals surface area contributed by atoms with Gasteiger partial charge in [-0.2, -0.15) is 0 Å². The van der Waals surface area contributed by atoms with E-state index in [9.17, 15) is 10.2 Å². The minimum Gasteiger partial charge on any atom is -0.504 e. The number of phenolic OH excluding ortho intramolecular Hbond substituents is 2. The summed E-state index contributed by atoms with van der Waals surface area (Å²) in [6.07, 6.45) is 0. The van der Waals surface area contributed by atoms with E-state index >= 15 is 0 Å². The smallest absolute Gasteiger partial charge is 0.161 e. The molecule has 3 nitrogen and oxygen atoms in total. The highest BCUT2D eigenvalue weighted by Crippen LogP contribution is 2.28. The lowest BCUT2D eigenvalue weighted by atomic mass is 10.1. The Kier molecular flexibility index (Phi) is 4.23. The van der Waals surface area contributed by atoms with Crippen LogP contribution in [0.15, 0.2) is 46.9 Å². The summed E-state index contributed by atoms with van der Waals surface area (Å²) < 4.78 is 1.05. The molecule has 0 saturated carbocycles. The van der Waals surface area contributed by atoms with Crippen molar-refractivity contribution >= 4 is 15.9 Å². The van der Waals surface area contributed by atoms with Crippen molar-refractivity contribution in [1.82, 2.24) is 5.32 Å². The predicted octanol–water partition coefficient (Wildman–Crippen LogP) is 3.15. The van der Waals surface area contributed by atoms with Gasteiger partial charge in [-0.25, -0.2) is 0 Å². The molecular weight excluding hydrogens is 294 g/mol. The van der Waals surface area contributed by atoms with E-state index in [2.05, 4.69) is 21.2 Å². The molecule has 2 aromatic carbocycles. The third-order valence-corrected chi connectivity index (χ3v) is 3.46. The first-order chi connectivity index (χ1) is 8.68. The molecule has 0 aliphatic carbocycles. The second-order valence-corrected chi connectivity index (χ2v) is 4.83. The summed E-state index contributed by atoms with van der Waals surface area (Å²) in [4.78, 5) is 0. The third-order valence-electron chi connectivity index (χ3n) is 2.69. The number of hydrogen-bond donors (Lipinski definition) is 3. The van der Waals surface area contributed by atoms with Crippen LogP contribution in [0.1, 0.15) is 11.1 Å². The molecule has 0 bridgehead atoms. The lowest BCUT2D eigenvalue weighted by Gasteiger charge is -2.09. The van der Waals surface area contributed by atoms with Gasteiger partial charge in [-0.05, 0) is 17.7 Å². The Morgan fingerprint density at radius 3 is 2.33 bits per heavy atom. The van der Waals surface area contributed by atoms with Crippen molar-refractivity contribution in [2.75, 3.05) is 0 Å². The van der Waals surface area contributed by atoms with E-state index in [1.54, 1.807) is 12.1 Å². The summed E-state index contributed by atoms with van der Waals surface area (Å²) >= 11 is 3.48. The second-order valence-electron chi connectivity index (χ2n) is 3.98. The summed E-state index contributed by atoms with van der Waals surface area (Å²) in [5, 5.41) is 22.3. The van der Waals surface area contributed by atoms with Crippen molar-refractivity contribution in [3.63, 3.8) is 0 Å². The molecule has 2 aromatic rings. The maximum atomic E-state index is 9.65. The van der Waals surface area contributed by atoms with Gasteiger partial charge in [0.25, 0.3) is 0 Å². The van der Waals surface area contributed by atoms with Crippen molar-refractivity contribution in [2.45, 2.75) is 13.1 Å². The maximum absolute atomic E-state index is 9.65. The number of nitrogens with one attached hydrogen (secondary N) is 1. The van der Waals surface area contributed by atoms with Gasteiger partial charge >= 0.3 is 0 Å². The van der Waals surface area contributed by atoms with Gasteiger partial charge in [0.15, 0.2) is 11.5 Å².